The molecule has 1 fully saturated rings. The number of aliphatic hydroxyl groups is 5. The maximum atomic E-state index is 13.0. The molecule has 1 aliphatic heterocycles. The van der Waals surface area contributed by atoms with Crippen molar-refractivity contribution in [1.29, 1.82) is 0 Å². The third kappa shape index (κ3) is 48.6. The molecule has 0 aromatic rings. The molecule has 0 bridgehead atoms. The third-order valence-electron chi connectivity index (χ3n) is 16.1. The van der Waals surface area contributed by atoms with E-state index in [2.05, 4.69) is 67.8 Å². The van der Waals surface area contributed by atoms with Gasteiger partial charge in [0.25, 0.3) is 0 Å². The summed E-state index contributed by atoms with van der Waals surface area (Å²) < 4.78 is 16.7. The summed E-state index contributed by atoms with van der Waals surface area (Å²) in [5, 5.41) is 54.3. The van der Waals surface area contributed by atoms with Gasteiger partial charge in [-0.15, -0.1) is 0 Å². The second-order valence-corrected chi connectivity index (χ2v) is 23.8. The summed E-state index contributed by atoms with van der Waals surface area (Å²) in [6, 6.07) is -0.833. The van der Waals surface area contributed by atoms with Crippen LogP contribution in [0.3, 0.4) is 0 Å². The van der Waals surface area contributed by atoms with E-state index in [4.69, 9.17) is 14.2 Å². The van der Waals surface area contributed by atoms with E-state index in [-0.39, 0.29) is 18.5 Å². The van der Waals surface area contributed by atoms with Gasteiger partial charge < -0.3 is 45.1 Å². The quantitative estimate of drug-likeness (QED) is 0.0195. The minimum absolute atomic E-state index is 0.00591. The fraction of sp³-hybridized carbons (Fsp3) is 0.831. The SMILES string of the molecule is CC/C=C/CC/C=C/CC/C=C/C(O)C(COC1OC(CO)C(O)C(O)C1O)NC(=O)CCCCCCCCCCCCCCCCCCC/C=C\C/C=C\CCCCCCCCCCCOC(=O)CCCCCCCCCCCCC. The molecule has 478 valence electrons. The summed E-state index contributed by atoms with van der Waals surface area (Å²) in [5.41, 5.74) is 0. The molecule has 1 heterocycles. The first-order valence-corrected chi connectivity index (χ1v) is 34.6. The van der Waals surface area contributed by atoms with Gasteiger partial charge in [0.2, 0.25) is 5.91 Å². The van der Waals surface area contributed by atoms with Crippen molar-refractivity contribution < 1.29 is 49.3 Å². The van der Waals surface area contributed by atoms with Crippen molar-refractivity contribution in [1.82, 2.24) is 5.32 Å². The molecule has 82 heavy (non-hydrogen) atoms. The number of carbonyl (C=O) groups is 2. The van der Waals surface area contributed by atoms with Crippen LogP contribution in [0.15, 0.2) is 60.8 Å². The van der Waals surface area contributed by atoms with Crippen LogP contribution in [-0.4, -0.2) is 100 Å². The molecule has 0 radical (unpaired) electrons. The predicted octanol–water partition coefficient (Wildman–Crippen LogP) is 17.3. The van der Waals surface area contributed by atoms with E-state index in [1.165, 1.54) is 212 Å². The van der Waals surface area contributed by atoms with Gasteiger partial charge in [0.15, 0.2) is 6.29 Å². The van der Waals surface area contributed by atoms with E-state index in [9.17, 15) is 35.1 Å². The van der Waals surface area contributed by atoms with Crippen molar-refractivity contribution in [3.05, 3.63) is 60.8 Å². The standard InChI is InChI=1S/C71H129NO10/c1-3-5-7-9-11-13-38-43-47-51-55-59-67(76)80-60-56-52-48-44-40-37-35-33-31-29-27-25-23-21-19-17-15-16-18-20-22-24-26-28-30-32-34-36-39-42-46-50-54-58-66(75)72-63(62-81-71-70(79)69(78)68(77)65(61-73)82-71)64(74)57-53-49-45-41-14-12-10-8-6-4-2/h6,8,14,19,21,25,27,41,53,57,63-65,68-71,73-74,77-79H,3-5,7,9-13,15-18,20,22-24,26,28-40,42-52,54-56,58-62H2,1-2H3,(H,72,75)/b8-6+,21-19-,27-25-,41-14+,57-53+. The summed E-state index contributed by atoms with van der Waals surface area (Å²) in [7, 11) is 0. The Bertz CT molecular complexity index is 1550. The summed E-state index contributed by atoms with van der Waals surface area (Å²) >= 11 is 0. The third-order valence-corrected chi connectivity index (χ3v) is 16.1. The first-order chi connectivity index (χ1) is 40.2. The van der Waals surface area contributed by atoms with Gasteiger partial charge in [-0.1, -0.05) is 280 Å². The zero-order valence-corrected chi connectivity index (χ0v) is 52.9. The lowest BCUT2D eigenvalue weighted by molar-refractivity contribution is -0.302. The number of allylic oxidation sites excluding steroid dienone is 9. The van der Waals surface area contributed by atoms with Gasteiger partial charge >= 0.3 is 5.97 Å². The lowest BCUT2D eigenvalue weighted by atomic mass is 9.99. The van der Waals surface area contributed by atoms with E-state index in [1.54, 1.807) is 6.08 Å². The number of hydrogen-bond donors (Lipinski definition) is 6. The summed E-state index contributed by atoms with van der Waals surface area (Å²) in [4.78, 5) is 25.0. The van der Waals surface area contributed by atoms with E-state index in [1.807, 2.05) is 6.08 Å². The lowest BCUT2D eigenvalue weighted by Gasteiger charge is -2.40. The minimum atomic E-state index is -1.58. The number of amides is 1. The Hall–Kier alpha value is -2.64. The van der Waals surface area contributed by atoms with E-state index in [0.29, 0.717) is 19.4 Å². The van der Waals surface area contributed by atoms with Gasteiger partial charge in [-0.05, 0) is 83.5 Å². The van der Waals surface area contributed by atoms with Crippen molar-refractivity contribution in [3.8, 4) is 0 Å². The van der Waals surface area contributed by atoms with E-state index < -0.39 is 49.5 Å². The van der Waals surface area contributed by atoms with Crippen molar-refractivity contribution in [2.45, 2.75) is 358 Å². The van der Waals surface area contributed by atoms with E-state index >= 15 is 0 Å². The average Bonchev–Trinajstić information content (AvgIpc) is 3.56. The summed E-state index contributed by atoms with van der Waals surface area (Å²) in [5.74, 6) is -0.191. The molecule has 11 heteroatoms. The number of carbonyl (C=O) groups excluding carboxylic acids is 2. The Kier molecular flexibility index (Phi) is 56.7. The lowest BCUT2D eigenvalue weighted by Crippen LogP contribution is -2.60. The molecule has 0 spiro atoms. The maximum Gasteiger partial charge on any atom is 0.305 e. The number of rotatable bonds is 60. The molecular weight excluding hydrogens is 1030 g/mol. The average molecular weight is 1160 g/mol. The first-order valence-electron chi connectivity index (χ1n) is 34.6. The molecule has 0 aromatic heterocycles. The van der Waals surface area contributed by atoms with Crippen LogP contribution in [0.4, 0.5) is 0 Å². The number of unbranched alkanes of at least 4 members (excludes halogenated alkanes) is 38. The van der Waals surface area contributed by atoms with Crippen LogP contribution in [0.2, 0.25) is 0 Å². The first kappa shape index (κ1) is 77.4. The van der Waals surface area contributed by atoms with Crippen LogP contribution in [-0.2, 0) is 23.8 Å². The van der Waals surface area contributed by atoms with Crippen molar-refractivity contribution in [2.75, 3.05) is 19.8 Å². The van der Waals surface area contributed by atoms with Crippen LogP contribution in [0, 0.1) is 0 Å². The van der Waals surface area contributed by atoms with Gasteiger partial charge in [-0.25, -0.2) is 0 Å². The highest BCUT2D eigenvalue weighted by Crippen LogP contribution is 2.23. The van der Waals surface area contributed by atoms with Gasteiger partial charge in [-0.2, -0.15) is 0 Å². The molecule has 1 amide bonds. The number of nitrogens with one attached hydrogen (secondary N) is 1. The van der Waals surface area contributed by atoms with Crippen LogP contribution in [0.1, 0.15) is 316 Å². The van der Waals surface area contributed by atoms with Crippen LogP contribution >= 0.6 is 0 Å². The minimum Gasteiger partial charge on any atom is -0.466 e. The normalized spacial score (nSPS) is 18.5. The predicted molar refractivity (Wildman–Crippen MR) is 343 cm³/mol. The summed E-state index contributed by atoms with van der Waals surface area (Å²) in [6.07, 6.45) is 69.5. The largest absolute Gasteiger partial charge is 0.466 e. The maximum absolute atomic E-state index is 13.0. The molecule has 1 aliphatic rings. The Morgan fingerprint density at radius 3 is 1.33 bits per heavy atom. The molecule has 1 rings (SSSR count). The fourth-order valence-corrected chi connectivity index (χ4v) is 10.7. The highest BCUT2D eigenvalue weighted by molar-refractivity contribution is 5.76. The van der Waals surface area contributed by atoms with Crippen molar-refractivity contribution in [2.24, 2.45) is 0 Å². The number of aliphatic hydroxyl groups excluding tert-OH is 5. The van der Waals surface area contributed by atoms with Crippen LogP contribution in [0.5, 0.6) is 0 Å². The molecule has 7 atom stereocenters. The van der Waals surface area contributed by atoms with Crippen LogP contribution in [0.25, 0.3) is 0 Å². The Balaban J connectivity index is 1.95. The number of hydrogen-bond acceptors (Lipinski definition) is 10. The van der Waals surface area contributed by atoms with E-state index in [0.717, 1.165) is 77.0 Å². The second kappa shape index (κ2) is 60.1. The Morgan fingerprint density at radius 1 is 0.463 bits per heavy atom. The summed E-state index contributed by atoms with van der Waals surface area (Å²) in [6.45, 7) is 4.21. The molecule has 1 saturated heterocycles. The molecule has 0 aromatic carbocycles. The highest BCUT2D eigenvalue weighted by Gasteiger charge is 2.44. The topological polar surface area (TPSA) is 175 Å². The number of ether oxygens (including phenoxy) is 3. The second-order valence-electron chi connectivity index (χ2n) is 23.8. The number of esters is 1. The molecule has 11 nitrogen and oxygen atoms in total. The van der Waals surface area contributed by atoms with Gasteiger partial charge in [-0.3, -0.25) is 9.59 Å². The zero-order valence-electron chi connectivity index (χ0n) is 52.9. The fourth-order valence-electron chi connectivity index (χ4n) is 10.7. The van der Waals surface area contributed by atoms with Crippen molar-refractivity contribution >= 4 is 11.9 Å². The monoisotopic (exact) mass is 1160 g/mol. The van der Waals surface area contributed by atoms with Gasteiger partial charge in [0, 0.05) is 12.8 Å². The Morgan fingerprint density at radius 2 is 0.866 bits per heavy atom. The molecular formula is C71H129NO10. The smallest absolute Gasteiger partial charge is 0.305 e. The molecule has 0 saturated carbocycles. The van der Waals surface area contributed by atoms with Gasteiger partial charge in [0.05, 0.1) is 32.0 Å². The van der Waals surface area contributed by atoms with Crippen molar-refractivity contribution in [3.63, 3.8) is 0 Å². The zero-order chi connectivity index (χ0) is 59.5. The van der Waals surface area contributed by atoms with Crippen LogP contribution < -0.4 is 5.32 Å². The molecule has 7 unspecified atom stereocenters. The molecule has 6 N–H and O–H groups in total. The van der Waals surface area contributed by atoms with Gasteiger partial charge in [0.1, 0.15) is 24.4 Å². The molecule has 0 aliphatic carbocycles. The highest BCUT2D eigenvalue weighted by atomic mass is 16.7. The Labute approximate surface area is 503 Å².